The second-order valence-corrected chi connectivity index (χ2v) is 18.0. The Morgan fingerprint density at radius 2 is 0.977 bits per heavy atom. The summed E-state index contributed by atoms with van der Waals surface area (Å²) in [5, 5.41) is 4.45. The zero-order valence-electron chi connectivity index (χ0n) is 22.6. The third kappa shape index (κ3) is 1.88. The van der Waals surface area contributed by atoms with Crippen LogP contribution in [0.1, 0.15) is 11.1 Å². The predicted molar refractivity (Wildman–Crippen MR) is 165 cm³/mol. The van der Waals surface area contributed by atoms with Crippen LogP contribution in [0, 0.1) is 0 Å². The van der Waals surface area contributed by atoms with Crippen molar-refractivity contribution in [2.75, 3.05) is 0 Å². The molecule has 0 radical (unpaired) electrons. The Balaban J connectivity index is 1.42. The van der Waals surface area contributed by atoms with E-state index in [9.17, 15) is 7.67 Å². The molecule has 9 heteroatoms. The summed E-state index contributed by atoms with van der Waals surface area (Å²) in [6.45, 7) is 0. The number of ether oxygens (including phenoxy) is 1. The molecule has 1 spiro atoms. The molecule has 0 bridgehead atoms. The van der Waals surface area contributed by atoms with Crippen molar-refractivity contribution in [1.29, 1.82) is 0 Å². The van der Waals surface area contributed by atoms with Crippen LogP contribution in [0.5, 0.6) is 11.5 Å². The summed E-state index contributed by atoms with van der Waals surface area (Å²) in [5.41, 5.74) is 5.43. The monoisotopic (exact) mass is 700 g/mol. The van der Waals surface area contributed by atoms with Crippen LogP contribution in [-0.4, -0.2) is 36.8 Å². The van der Waals surface area contributed by atoms with Crippen LogP contribution in [0.2, 0.25) is 0 Å². The molecule has 0 amide bonds. The minimum atomic E-state index is -2.59. The number of nitrogens with zero attached hydrogens (tertiary/aromatic N) is 4. The zero-order chi connectivity index (χ0) is 28.4. The van der Waals surface area contributed by atoms with Gasteiger partial charge in [0.2, 0.25) is 0 Å². The first-order valence-electron chi connectivity index (χ1n) is 14.5. The first-order chi connectivity index (χ1) is 21.7. The van der Waals surface area contributed by atoms with E-state index >= 15 is 0 Å². The summed E-state index contributed by atoms with van der Waals surface area (Å²) in [5.74, 6) is 3.49. The molecule has 2 atom stereocenters. The normalized spacial score (nSPS) is 21.6. The Morgan fingerprint density at radius 3 is 1.48 bits per heavy atom. The quantitative estimate of drug-likeness (QED) is 0.181. The van der Waals surface area contributed by atoms with E-state index in [-0.39, 0.29) is 0 Å². The Kier molecular flexibility index (Phi) is 3.23. The number of pyridine rings is 2. The molecule has 0 N–H and O–H groups in total. The van der Waals surface area contributed by atoms with Crippen LogP contribution >= 0.6 is 0 Å². The summed E-state index contributed by atoms with van der Waals surface area (Å²) in [6.07, 6.45) is 4.28. The molecule has 2 unspecified atom stereocenters. The Bertz CT molecular complexity index is 2720. The second-order valence-electron chi connectivity index (χ2n) is 12.1. The number of para-hydroxylation sites is 2. The third-order valence-electron chi connectivity index (χ3n) is 10.5. The van der Waals surface area contributed by atoms with E-state index in [0.29, 0.717) is 0 Å². The fourth-order valence-electron chi connectivity index (χ4n) is 9.06. The number of hydrogen-bond donors (Lipinski definition) is 0. The van der Waals surface area contributed by atoms with Crippen LogP contribution in [0.4, 0.5) is 0 Å². The molecule has 7 nitrogen and oxygen atoms in total. The number of rotatable bonds is 0. The van der Waals surface area contributed by atoms with Gasteiger partial charge in [0, 0.05) is 0 Å². The molecular weight excluding hydrogens is 682 g/mol. The van der Waals surface area contributed by atoms with Crippen molar-refractivity contribution in [2.45, 2.75) is 5.66 Å². The van der Waals surface area contributed by atoms with Gasteiger partial charge in [0.25, 0.3) is 0 Å². The summed E-state index contributed by atoms with van der Waals surface area (Å²) < 4.78 is 48.8. The maximum absolute atomic E-state index is 14.5. The molecule has 44 heavy (non-hydrogen) atoms. The molecule has 0 saturated heterocycles. The van der Waals surface area contributed by atoms with Crippen LogP contribution in [0.15, 0.2) is 97.3 Å². The van der Waals surface area contributed by atoms with E-state index < -0.39 is 33.3 Å². The summed E-state index contributed by atoms with van der Waals surface area (Å²) >= 11 is -5.18. The molecule has 0 aliphatic carbocycles. The van der Waals surface area contributed by atoms with Crippen molar-refractivity contribution in [3.05, 3.63) is 108 Å². The number of fused-ring (bicyclic) bond motifs is 2. The topological polar surface area (TPSA) is 61.0 Å². The van der Waals surface area contributed by atoms with Crippen molar-refractivity contribution in [3.63, 3.8) is 0 Å². The van der Waals surface area contributed by atoms with E-state index in [1.54, 1.807) is 0 Å². The Hall–Kier alpha value is -4.78. The molecule has 8 aromatic rings. The van der Waals surface area contributed by atoms with Crippen molar-refractivity contribution in [1.82, 2.24) is 9.13 Å². The van der Waals surface area contributed by atoms with Gasteiger partial charge in [-0.2, -0.15) is 0 Å². The van der Waals surface area contributed by atoms with Crippen molar-refractivity contribution in [3.8, 4) is 23.1 Å². The number of benzene rings is 4. The Morgan fingerprint density at radius 1 is 0.523 bits per heavy atom. The van der Waals surface area contributed by atoms with Gasteiger partial charge in [-0.05, 0) is 0 Å². The second kappa shape index (κ2) is 6.50. The Labute approximate surface area is 255 Å². The molecule has 4 aromatic heterocycles. The van der Waals surface area contributed by atoms with Crippen molar-refractivity contribution < 1.29 is 21.5 Å². The van der Waals surface area contributed by atoms with E-state index in [0.717, 1.165) is 95.7 Å². The van der Waals surface area contributed by atoms with Gasteiger partial charge in [0.05, 0.1) is 0 Å². The van der Waals surface area contributed by atoms with Gasteiger partial charge < -0.3 is 0 Å². The van der Waals surface area contributed by atoms with Gasteiger partial charge in [-0.15, -0.1) is 0 Å². The van der Waals surface area contributed by atoms with E-state index in [1.807, 2.05) is 48.5 Å². The average Bonchev–Trinajstić information content (AvgIpc) is 3.59. The molecule has 5 aliphatic heterocycles. The molecule has 204 valence electrons. The molecule has 0 saturated carbocycles. The van der Waals surface area contributed by atoms with Crippen LogP contribution in [0.25, 0.3) is 55.2 Å². The summed E-state index contributed by atoms with van der Waals surface area (Å²) in [4.78, 5) is 0. The first kappa shape index (κ1) is 21.8. The minimum absolute atomic E-state index is 0.801. The van der Waals surface area contributed by atoms with Crippen molar-refractivity contribution in [2.24, 2.45) is 0 Å². The number of hydrogen-bond acceptors (Lipinski definition) is 3. The third-order valence-corrected chi connectivity index (χ3v) is 16.5. The van der Waals surface area contributed by atoms with Crippen LogP contribution in [-0.2, 0) is 13.3 Å². The fraction of sp³-hybridized carbons (Fsp3) is 0.0286. The van der Waals surface area contributed by atoms with Gasteiger partial charge >= 0.3 is 257 Å². The van der Waals surface area contributed by atoms with Gasteiger partial charge in [-0.1, -0.05) is 0 Å². The van der Waals surface area contributed by atoms with Gasteiger partial charge in [-0.3, -0.25) is 0 Å². The molecule has 4 aromatic carbocycles. The van der Waals surface area contributed by atoms with Crippen LogP contribution in [0.3, 0.4) is 0 Å². The average molecular weight is 698 g/mol. The van der Waals surface area contributed by atoms with Gasteiger partial charge in [0.1, 0.15) is 0 Å². The SMILES string of the molecule is O=[Se]1c2ccc[n+]3c2-n2c4c1cccc4c1ccc4c(c12)C31c2c(ccc3c5cccc6c5n(c23)-c2c(ccc[n+]21)[Se]6=O)O4. The molecule has 13 rings (SSSR count). The fourth-order valence-corrected chi connectivity index (χ4v) is 14.8. The molecule has 5 aliphatic rings. The predicted octanol–water partition coefficient (Wildman–Crippen LogP) is 2.19. The summed E-state index contributed by atoms with van der Waals surface area (Å²) in [6, 6.07) is 29.1. The van der Waals surface area contributed by atoms with E-state index in [2.05, 4.69) is 67.1 Å². The van der Waals surface area contributed by atoms with Gasteiger partial charge in [0.15, 0.2) is 0 Å². The maximum atomic E-state index is 14.5. The standard InChI is InChI=1S/C35H16N4O3Se2/c40-43-23-7-1-5-17-19-11-13-21-27-31(19)38(29(17)23)33-25(43)9-3-15-36(33)35(27)28-22(42-21)14-12-20-18-6-2-8-24-30(18)39(32(20)28)34-26(44(24)41)10-4-16-37(34)35/h1-16H/q+2. The van der Waals surface area contributed by atoms with E-state index in [1.165, 1.54) is 0 Å². The first-order valence-corrected chi connectivity index (χ1v) is 19.4. The molecule has 9 heterocycles. The van der Waals surface area contributed by atoms with E-state index in [4.69, 9.17) is 4.74 Å². The van der Waals surface area contributed by atoms with Crippen molar-refractivity contribution >= 4 is 89.1 Å². The molecular formula is C35H16N4O3Se2+2. The van der Waals surface area contributed by atoms with Gasteiger partial charge in [-0.25, -0.2) is 0 Å². The molecule has 0 fully saturated rings. The zero-order valence-corrected chi connectivity index (χ0v) is 26.0. The summed E-state index contributed by atoms with van der Waals surface area (Å²) in [7, 11) is 0. The van der Waals surface area contributed by atoms with Crippen LogP contribution < -0.4 is 31.7 Å². The number of aromatic nitrogens is 4.